The van der Waals surface area contributed by atoms with Crippen LogP contribution in [0.3, 0.4) is 0 Å². The van der Waals surface area contributed by atoms with E-state index in [0.717, 1.165) is 96.3 Å². The van der Waals surface area contributed by atoms with Crippen molar-refractivity contribution in [2.75, 3.05) is 6.61 Å². The molecule has 3 N–H and O–H groups in total. The predicted molar refractivity (Wildman–Crippen MR) is 345 cm³/mol. The smallest absolute Gasteiger partial charge is 0.220 e. The van der Waals surface area contributed by atoms with E-state index in [1.54, 1.807) is 6.08 Å². The van der Waals surface area contributed by atoms with Crippen molar-refractivity contribution in [1.82, 2.24) is 5.32 Å². The highest BCUT2D eigenvalue weighted by molar-refractivity contribution is 5.76. The summed E-state index contributed by atoms with van der Waals surface area (Å²) in [6.45, 7) is 4.19. The fourth-order valence-electron chi connectivity index (χ4n) is 9.41. The normalized spacial score (nSPS) is 13.7. The van der Waals surface area contributed by atoms with Gasteiger partial charge in [-0.3, -0.25) is 4.79 Å². The first-order chi connectivity index (χ1) is 38.2. The largest absolute Gasteiger partial charge is 0.394 e. The number of hydrogen-bond acceptors (Lipinski definition) is 3. The van der Waals surface area contributed by atoms with Crippen LogP contribution in [0.4, 0.5) is 0 Å². The Morgan fingerprint density at radius 2 is 0.584 bits per heavy atom. The number of aliphatic hydroxyl groups is 2. The van der Waals surface area contributed by atoms with Gasteiger partial charge in [0.15, 0.2) is 0 Å². The summed E-state index contributed by atoms with van der Waals surface area (Å²) in [4.78, 5) is 12.5. The van der Waals surface area contributed by atoms with E-state index in [1.165, 1.54) is 186 Å². The van der Waals surface area contributed by atoms with Crippen LogP contribution in [-0.2, 0) is 4.79 Å². The average Bonchev–Trinajstić information content (AvgIpc) is 3.43. The molecule has 0 aromatic heterocycles. The number of hydrogen-bond donors (Lipinski definition) is 3. The molecule has 4 nitrogen and oxygen atoms in total. The van der Waals surface area contributed by atoms with Gasteiger partial charge in [0.2, 0.25) is 5.91 Å². The Morgan fingerprint density at radius 1 is 0.325 bits per heavy atom. The molecule has 0 fully saturated rings. The Hall–Kier alpha value is -3.47. The molecule has 1 amide bonds. The van der Waals surface area contributed by atoms with E-state index >= 15 is 0 Å². The molecule has 0 radical (unpaired) electrons. The van der Waals surface area contributed by atoms with Crippen LogP contribution in [0.1, 0.15) is 303 Å². The molecule has 0 saturated carbocycles. The molecule has 0 spiro atoms. The van der Waals surface area contributed by atoms with Crippen LogP contribution in [0.5, 0.6) is 0 Å². The quantitative estimate of drug-likeness (QED) is 0.0420. The third-order valence-corrected chi connectivity index (χ3v) is 14.3. The molecule has 2 atom stereocenters. The standard InChI is InChI=1S/C73H125NO3/c1-3-5-7-9-11-13-15-17-19-21-23-25-27-29-31-33-35-36-37-38-39-41-43-45-47-49-51-53-55-57-59-61-63-65-67-69-73(77)74-71(70-75)72(76)68-66-64-62-60-58-56-54-52-50-48-46-44-42-40-34-32-30-28-26-24-22-20-18-16-14-12-10-8-6-4-2/h5,7,11,13,17,19,23,25,29,31,35-36,38-39,43,45,50,52,58,60,66,68,71-72,75-76H,3-4,6,8-10,12,14-16,18,20-22,24,26-28,30,32-34,37,40-42,44,46-49,51,53-57,59,61-65,67,69-70H2,1-2H3,(H,74,77)/b7-5-,13-11-,19-17-,25-23-,31-29-,36-35-,39-38-,45-43-,52-50+,60-58+,68-66+. The van der Waals surface area contributed by atoms with E-state index in [9.17, 15) is 15.0 Å². The summed E-state index contributed by atoms with van der Waals surface area (Å²) in [5.41, 5.74) is 0. The van der Waals surface area contributed by atoms with Gasteiger partial charge in [-0.2, -0.15) is 0 Å². The lowest BCUT2D eigenvalue weighted by molar-refractivity contribution is -0.123. The molecule has 0 bridgehead atoms. The number of aliphatic hydroxyl groups excluding tert-OH is 2. The monoisotopic (exact) mass is 1060 g/mol. The summed E-state index contributed by atoms with van der Waals surface area (Å²) >= 11 is 0. The van der Waals surface area contributed by atoms with E-state index in [0.29, 0.717) is 6.42 Å². The maximum absolute atomic E-state index is 12.5. The van der Waals surface area contributed by atoms with Crippen molar-refractivity contribution in [1.29, 1.82) is 0 Å². The van der Waals surface area contributed by atoms with Gasteiger partial charge < -0.3 is 15.5 Å². The zero-order chi connectivity index (χ0) is 55.5. The summed E-state index contributed by atoms with van der Waals surface area (Å²) in [7, 11) is 0. The van der Waals surface area contributed by atoms with Crippen molar-refractivity contribution in [3.63, 3.8) is 0 Å². The number of carbonyl (C=O) groups excluding carboxylic acids is 1. The lowest BCUT2D eigenvalue weighted by Crippen LogP contribution is -2.45. The van der Waals surface area contributed by atoms with Crippen molar-refractivity contribution < 1.29 is 15.0 Å². The minimum absolute atomic E-state index is 0.0858. The maximum atomic E-state index is 12.5. The second-order valence-electron chi connectivity index (χ2n) is 21.8. The van der Waals surface area contributed by atoms with Crippen LogP contribution < -0.4 is 5.32 Å². The Bertz CT molecular complexity index is 1540. The summed E-state index contributed by atoms with van der Waals surface area (Å²) in [6.07, 6.45) is 104. The zero-order valence-electron chi connectivity index (χ0n) is 50.7. The molecule has 440 valence electrons. The van der Waals surface area contributed by atoms with Crippen molar-refractivity contribution >= 4 is 5.91 Å². The highest BCUT2D eigenvalue weighted by atomic mass is 16.3. The van der Waals surface area contributed by atoms with Crippen LogP contribution in [0.15, 0.2) is 134 Å². The molecule has 0 rings (SSSR count). The van der Waals surface area contributed by atoms with Gasteiger partial charge in [-0.05, 0) is 109 Å². The summed E-state index contributed by atoms with van der Waals surface area (Å²) < 4.78 is 0. The van der Waals surface area contributed by atoms with E-state index in [-0.39, 0.29) is 12.5 Å². The number of allylic oxidation sites excluding steroid dienone is 21. The number of amides is 1. The molecule has 0 aliphatic rings. The summed E-state index contributed by atoms with van der Waals surface area (Å²) in [5.74, 6) is -0.0858. The Morgan fingerprint density at radius 3 is 0.909 bits per heavy atom. The summed E-state index contributed by atoms with van der Waals surface area (Å²) in [5, 5.41) is 23.2. The SMILES string of the molecule is CC/C=C\C/C=C\C/C=C\C/C=C\C/C=C\C/C=C\C/C=C\C/C=C\CCCCCCCCCCCCC(=O)NC(CO)C(O)/C=C/CC/C=C/CC/C=C/CCCCCCCCCCCCCCCCCCCCCC. The van der Waals surface area contributed by atoms with Gasteiger partial charge in [0.1, 0.15) is 0 Å². The summed E-state index contributed by atoms with van der Waals surface area (Å²) in [6, 6.07) is -0.659. The van der Waals surface area contributed by atoms with Gasteiger partial charge in [0.25, 0.3) is 0 Å². The van der Waals surface area contributed by atoms with Crippen LogP contribution >= 0.6 is 0 Å². The Labute approximate surface area is 479 Å². The van der Waals surface area contributed by atoms with Gasteiger partial charge in [0.05, 0.1) is 18.8 Å². The molecule has 0 saturated heterocycles. The average molecular weight is 1060 g/mol. The number of unbranched alkanes of at least 4 members (excludes halogenated alkanes) is 32. The minimum Gasteiger partial charge on any atom is -0.394 e. The van der Waals surface area contributed by atoms with Gasteiger partial charge in [-0.25, -0.2) is 0 Å². The molecule has 0 aliphatic carbocycles. The maximum Gasteiger partial charge on any atom is 0.220 e. The fraction of sp³-hybridized carbons (Fsp3) is 0.685. The van der Waals surface area contributed by atoms with Crippen LogP contribution in [0.2, 0.25) is 0 Å². The lowest BCUT2D eigenvalue weighted by Gasteiger charge is -2.19. The van der Waals surface area contributed by atoms with Crippen molar-refractivity contribution in [3.05, 3.63) is 134 Å². The van der Waals surface area contributed by atoms with Crippen molar-refractivity contribution in [3.8, 4) is 0 Å². The van der Waals surface area contributed by atoms with E-state index in [4.69, 9.17) is 0 Å². The topological polar surface area (TPSA) is 69.6 Å². The molecular weight excluding hydrogens is 939 g/mol. The van der Waals surface area contributed by atoms with Gasteiger partial charge in [0, 0.05) is 6.42 Å². The lowest BCUT2D eigenvalue weighted by atomic mass is 10.0. The minimum atomic E-state index is -0.883. The highest BCUT2D eigenvalue weighted by Gasteiger charge is 2.18. The van der Waals surface area contributed by atoms with Crippen molar-refractivity contribution in [2.45, 2.75) is 315 Å². The molecule has 77 heavy (non-hydrogen) atoms. The van der Waals surface area contributed by atoms with Crippen molar-refractivity contribution in [2.24, 2.45) is 0 Å². The third-order valence-electron chi connectivity index (χ3n) is 14.3. The Kier molecular flexibility index (Phi) is 63.8. The molecule has 0 aromatic rings. The van der Waals surface area contributed by atoms with Gasteiger partial charge in [-0.1, -0.05) is 321 Å². The number of rotatable bonds is 59. The third kappa shape index (κ3) is 63.2. The second kappa shape index (κ2) is 66.8. The molecule has 0 aromatic carbocycles. The first kappa shape index (κ1) is 73.5. The van der Waals surface area contributed by atoms with E-state index < -0.39 is 12.1 Å². The molecule has 0 heterocycles. The first-order valence-corrected chi connectivity index (χ1v) is 32.9. The highest BCUT2D eigenvalue weighted by Crippen LogP contribution is 2.16. The van der Waals surface area contributed by atoms with Gasteiger partial charge >= 0.3 is 0 Å². The molecule has 2 unspecified atom stereocenters. The number of nitrogens with one attached hydrogen (secondary N) is 1. The Balaban J connectivity index is 3.61. The van der Waals surface area contributed by atoms with Gasteiger partial charge in [-0.15, -0.1) is 0 Å². The molecular formula is C73H125NO3. The van der Waals surface area contributed by atoms with Crippen LogP contribution in [0.25, 0.3) is 0 Å². The first-order valence-electron chi connectivity index (χ1n) is 32.9. The second-order valence-corrected chi connectivity index (χ2v) is 21.8. The predicted octanol–water partition coefficient (Wildman–Crippen LogP) is 22.5. The number of carbonyl (C=O) groups is 1. The fourth-order valence-corrected chi connectivity index (χ4v) is 9.41. The van der Waals surface area contributed by atoms with E-state index in [2.05, 4.69) is 141 Å². The van der Waals surface area contributed by atoms with Crippen LogP contribution in [0, 0.1) is 0 Å². The zero-order valence-corrected chi connectivity index (χ0v) is 50.7. The molecule has 4 heteroatoms. The van der Waals surface area contributed by atoms with E-state index in [1.807, 2.05) is 6.08 Å². The van der Waals surface area contributed by atoms with Crippen LogP contribution in [-0.4, -0.2) is 34.9 Å². The molecule has 0 aliphatic heterocycles.